The summed E-state index contributed by atoms with van der Waals surface area (Å²) in [7, 11) is 0. The van der Waals surface area contributed by atoms with Crippen LogP contribution >= 0.6 is 0 Å². The smallest absolute Gasteiger partial charge is 0.0205 e. The van der Waals surface area contributed by atoms with Crippen molar-refractivity contribution in [2.75, 3.05) is 6.54 Å². The topological polar surface area (TPSA) is 12.0 Å². The van der Waals surface area contributed by atoms with Crippen molar-refractivity contribution in [3.05, 3.63) is 60.2 Å². The van der Waals surface area contributed by atoms with Gasteiger partial charge in [-0.25, -0.2) is 0 Å². The minimum Gasteiger partial charge on any atom is -0.312 e. The van der Waals surface area contributed by atoms with Crippen LogP contribution in [0.15, 0.2) is 48.5 Å². The van der Waals surface area contributed by atoms with Crippen LogP contribution in [-0.2, 0) is 6.54 Å². The summed E-state index contributed by atoms with van der Waals surface area (Å²) < 4.78 is 0. The molecule has 0 saturated carbocycles. The fraction of sp³-hybridized carbons (Fsp3) is 0.294. The number of benzene rings is 2. The predicted octanol–water partition coefficient (Wildman–Crippen LogP) is 3.90. The van der Waals surface area contributed by atoms with Gasteiger partial charge >= 0.3 is 0 Å². The highest BCUT2D eigenvalue weighted by Gasteiger charge is 1.98. The Morgan fingerprint density at radius 1 is 1.06 bits per heavy atom. The van der Waals surface area contributed by atoms with Gasteiger partial charge in [-0.3, -0.25) is 0 Å². The van der Waals surface area contributed by atoms with E-state index in [1.54, 1.807) is 0 Å². The summed E-state index contributed by atoms with van der Waals surface area (Å²) in [6.45, 7) is 6.46. The van der Waals surface area contributed by atoms with Gasteiger partial charge in [0, 0.05) is 6.54 Å². The molecule has 1 heteroatoms. The van der Waals surface area contributed by atoms with Gasteiger partial charge in [-0.15, -0.1) is 0 Å². The molecule has 2 aromatic rings. The Morgan fingerprint density at radius 3 is 2.44 bits per heavy atom. The van der Waals surface area contributed by atoms with Gasteiger partial charge in [0.2, 0.25) is 0 Å². The molecule has 0 saturated heterocycles. The average Bonchev–Trinajstić information content (AvgIpc) is 2.40. The first-order valence-corrected chi connectivity index (χ1v) is 6.52. The van der Waals surface area contributed by atoms with Crippen molar-refractivity contribution >= 4 is 0 Å². The monoisotopic (exact) mass is 238 g/mol. The van der Waals surface area contributed by atoms with E-state index in [0.717, 1.165) is 13.1 Å². The van der Waals surface area contributed by atoms with Crippen LogP contribution in [0.2, 0.25) is 0 Å². The Balaban J connectivity index is 1.98. The molecule has 0 heterocycles. The van der Waals surface area contributed by atoms with E-state index < -0.39 is 0 Å². The van der Waals surface area contributed by atoms with Crippen molar-refractivity contribution in [1.82, 2.24) is 5.32 Å². The molecule has 0 aliphatic rings. The highest BCUT2D eigenvalue weighted by Crippen LogP contribution is 2.18. The van der Waals surface area contributed by atoms with Gasteiger partial charge in [0.05, 0.1) is 0 Å². The summed E-state index contributed by atoms with van der Waals surface area (Å²) in [5, 5.41) is 3.45. The third kappa shape index (κ3) is 3.71. The van der Waals surface area contributed by atoms with E-state index in [-0.39, 0.29) is 0 Å². The van der Waals surface area contributed by atoms with E-state index in [1.807, 2.05) is 18.2 Å². The van der Waals surface area contributed by atoms with Crippen LogP contribution in [0.3, 0.4) is 0 Å². The maximum atomic E-state index is 3.45. The average molecular weight is 238 g/mol. The zero-order valence-electron chi connectivity index (χ0n) is 11.1. The molecular formula is C17H20N. The van der Waals surface area contributed by atoms with Crippen LogP contribution in [0.25, 0.3) is 11.1 Å². The minimum absolute atomic E-state index is 0.698. The van der Waals surface area contributed by atoms with Crippen LogP contribution in [0.5, 0.6) is 0 Å². The summed E-state index contributed by atoms with van der Waals surface area (Å²) in [5.74, 6) is 0.698. The molecule has 0 fully saturated rings. The van der Waals surface area contributed by atoms with E-state index in [0.29, 0.717) is 5.92 Å². The fourth-order valence-electron chi connectivity index (χ4n) is 1.89. The van der Waals surface area contributed by atoms with E-state index in [2.05, 4.69) is 55.6 Å². The third-order valence-electron chi connectivity index (χ3n) is 2.88. The Labute approximate surface area is 110 Å². The Bertz CT molecular complexity index is 457. The molecule has 0 aromatic heterocycles. The van der Waals surface area contributed by atoms with Crippen molar-refractivity contribution in [2.24, 2.45) is 5.92 Å². The van der Waals surface area contributed by atoms with Crippen LogP contribution in [0, 0.1) is 12.0 Å². The van der Waals surface area contributed by atoms with Crippen molar-refractivity contribution in [3.63, 3.8) is 0 Å². The number of nitrogens with one attached hydrogen (secondary N) is 1. The van der Waals surface area contributed by atoms with Crippen molar-refractivity contribution in [1.29, 1.82) is 0 Å². The highest BCUT2D eigenvalue weighted by molar-refractivity contribution is 5.63. The third-order valence-corrected chi connectivity index (χ3v) is 2.88. The minimum atomic E-state index is 0.698. The largest absolute Gasteiger partial charge is 0.312 e. The molecule has 1 radical (unpaired) electrons. The van der Waals surface area contributed by atoms with Gasteiger partial charge in [0.25, 0.3) is 0 Å². The van der Waals surface area contributed by atoms with E-state index >= 15 is 0 Å². The standard InChI is InChI=1S/C17H20N/c1-14(2)12-18-13-15-8-10-17(11-9-15)16-6-4-3-5-7-16/h3-4,6-11,14,18H,12-13H2,1-2H3. The molecule has 0 amide bonds. The lowest BCUT2D eigenvalue weighted by molar-refractivity contribution is 0.552. The second-order valence-corrected chi connectivity index (χ2v) is 5.01. The van der Waals surface area contributed by atoms with Gasteiger partial charge in [-0.1, -0.05) is 56.3 Å². The van der Waals surface area contributed by atoms with Gasteiger partial charge in [0.1, 0.15) is 0 Å². The molecule has 0 spiro atoms. The molecule has 0 aliphatic heterocycles. The first-order valence-electron chi connectivity index (χ1n) is 6.52. The summed E-state index contributed by atoms with van der Waals surface area (Å²) in [5.41, 5.74) is 3.80. The van der Waals surface area contributed by atoms with Gasteiger partial charge in [-0.05, 0) is 41.3 Å². The maximum Gasteiger partial charge on any atom is 0.0205 e. The lowest BCUT2D eigenvalue weighted by Crippen LogP contribution is -2.18. The van der Waals surface area contributed by atoms with Crippen LogP contribution in [0.4, 0.5) is 0 Å². The first-order chi connectivity index (χ1) is 8.75. The number of rotatable bonds is 5. The summed E-state index contributed by atoms with van der Waals surface area (Å²) in [6.07, 6.45) is 0. The number of hydrogen-bond donors (Lipinski definition) is 1. The van der Waals surface area contributed by atoms with Crippen molar-refractivity contribution < 1.29 is 0 Å². The normalized spacial score (nSPS) is 10.8. The molecule has 0 atom stereocenters. The molecule has 2 rings (SSSR count). The zero-order chi connectivity index (χ0) is 12.8. The van der Waals surface area contributed by atoms with Crippen LogP contribution < -0.4 is 5.32 Å². The van der Waals surface area contributed by atoms with Gasteiger partial charge in [0.15, 0.2) is 0 Å². The molecule has 0 unspecified atom stereocenters. The second kappa shape index (κ2) is 6.36. The Kier molecular flexibility index (Phi) is 4.54. The molecule has 2 aromatic carbocycles. The summed E-state index contributed by atoms with van der Waals surface area (Å²) in [4.78, 5) is 0. The predicted molar refractivity (Wildman–Crippen MR) is 77.3 cm³/mol. The summed E-state index contributed by atoms with van der Waals surface area (Å²) >= 11 is 0. The maximum absolute atomic E-state index is 3.45. The van der Waals surface area contributed by atoms with Gasteiger partial charge in [-0.2, -0.15) is 0 Å². The fourth-order valence-corrected chi connectivity index (χ4v) is 1.89. The second-order valence-electron chi connectivity index (χ2n) is 5.01. The van der Waals surface area contributed by atoms with Crippen molar-refractivity contribution in [2.45, 2.75) is 20.4 Å². The van der Waals surface area contributed by atoms with E-state index in [1.165, 1.54) is 16.7 Å². The Morgan fingerprint density at radius 2 is 1.83 bits per heavy atom. The van der Waals surface area contributed by atoms with E-state index in [9.17, 15) is 0 Å². The van der Waals surface area contributed by atoms with E-state index in [4.69, 9.17) is 0 Å². The zero-order valence-corrected chi connectivity index (χ0v) is 11.1. The van der Waals surface area contributed by atoms with Gasteiger partial charge < -0.3 is 5.32 Å². The highest BCUT2D eigenvalue weighted by atomic mass is 14.8. The Hall–Kier alpha value is -1.60. The first kappa shape index (κ1) is 12.8. The SMILES string of the molecule is CC(C)CNCc1ccc(-c2c[c]ccc2)cc1. The molecule has 18 heavy (non-hydrogen) atoms. The molecule has 1 nitrogen and oxygen atoms in total. The lowest BCUT2D eigenvalue weighted by Gasteiger charge is -2.08. The molecule has 93 valence electrons. The molecule has 1 N–H and O–H groups in total. The molecular weight excluding hydrogens is 218 g/mol. The van der Waals surface area contributed by atoms with Crippen LogP contribution in [-0.4, -0.2) is 6.54 Å². The van der Waals surface area contributed by atoms with Crippen LogP contribution in [0.1, 0.15) is 19.4 Å². The quantitative estimate of drug-likeness (QED) is 0.833. The number of hydrogen-bond acceptors (Lipinski definition) is 1. The molecule has 0 bridgehead atoms. The van der Waals surface area contributed by atoms with Crippen molar-refractivity contribution in [3.8, 4) is 11.1 Å². The lowest BCUT2D eigenvalue weighted by atomic mass is 10.0. The molecule has 0 aliphatic carbocycles. The summed E-state index contributed by atoms with van der Waals surface area (Å²) in [6, 6.07) is 19.9.